The molecule has 0 N–H and O–H groups in total. The predicted octanol–water partition coefficient (Wildman–Crippen LogP) is 3.67. The maximum atomic E-state index is 3.70. The molecule has 3 heteroatoms. The zero-order valence-electron chi connectivity index (χ0n) is 6.31. The Kier molecular flexibility index (Phi) is 14.2. The SMILES string of the molecule is Br.Br.C=C[CH2][Sn]([CH3])([CH3])[CH3]. The molecule has 0 amide bonds. The van der Waals surface area contributed by atoms with Gasteiger partial charge in [-0.1, -0.05) is 0 Å². The minimum absolute atomic E-state index is 0. The Labute approximate surface area is 83.5 Å². The molecule has 0 saturated carbocycles. The monoisotopic (exact) mass is 366 g/mol. The second-order valence-corrected chi connectivity index (χ2v) is 18.8. The molecular formula is C6H16Br2Sn. The van der Waals surface area contributed by atoms with E-state index >= 15 is 0 Å². The second-order valence-electron chi connectivity index (χ2n) is 3.05. The van der Waals surface area contributed by atoms with Crippen molar-refractivity contribution in [2.75, 3.05) is 0 Å². The first-order valence-corrected chi connectivity index (χ1v) is 13.3. The topological polar surface area (TPSA) is 0 Å². The fourth-order valence-electron chi connectivity index (χ4n) is 0.433. The van der Waals surface area contributed by atoms with Crippen LogP contribution in [0.4, 0.5) is 0 Å². The van der Waals surface area contributed by atoms with Gasteiger partial charge in [0.2, 0.25) is 0 Å². The number of hydrogen-bond donors (Lipinski definition) is 0. The van der Waals surface area contributed by atoms with Crippen LogP contribution in [-0.2, 0) is 0 Å². The number of allylic oxidation sites excluding steroid dienone is 1. The molecule has 0 rings (SSSR count). The van der Waals surface area contributed by atoms with Crippen LogP contribution in [0.25, 0.3) is 0 Å². The third-order valence-electron chi connectivity index (χ3n) is 0.757. The second kappa shape index (κ2) is 7.60. The number of halogens is 2. The summed E-state index contributed by atoms with van der Waals surface area (Å²) in [4.78, 5) is 7.24. The minimum atomic E-state index is -1.39. The average molecular weight is 367 g/mol. The molecule has 0 radical (unpaired) electrons. The fraction of sp³-hybridized carbons (Fsp3) is 0.667. The van der Waals surface area contributed by atoms with E-state index in [1.54, 1.807) is 0 Å². The summed E-state index contributed by atoms with van der Waals surface area (Å²) in [6.07, 6.45) is 2.05. The van der Waals surface area contributed by atoms with Crippen LogP contribution in [0.2, 0.25) is 19.3 Å². The summed E-state index contributed by atoms with van der Waals surface area (Å²) >= 11 is -1.39. The van der Waals surface area contributed by atoms with Gasteiger partial charge in [0.15, 0.2) is 0 Å². The molecule has 0 aromatic heterocycles. The Morgan fingerprint density at radius 1 is 1.22 bits per heavy atom. The van der Waals surface area contributed by atoms with Gasteiger partial charge in [-0.3, -0.25) is 0 Å². The van der Waals surface area contributed by atoms with Crippen molar-refractivity contribution in [3.8, 4) is 0 Å². The van der Waals surface area contributed by atoms with E-state index < -0.39 is 18.4 Å². The van der Waals surface area contributed by atoms with Crippen LogP contribution in [0.5, 0.6) is 0 Å². The van der Waals surface area contributed by atoms with Crippen molar-refractivity contribution in [1.29, 1.82) is 0 Å². The van der Waals surface area contributed by atoms with Gasteiger partial charge in [0.1, 0.15) is 0 Å². The molecule has 0 bridgehead atoms. The van der Waals surface area contributed by atoms with E-state index in [0.29, 0.717) is 0 Å². The molecule has 0 aliphatic rings. The molecule has 0 unspecified atom stereocenters. The molecule has 0 saturated heterocycles. The van der Waals surface area contributed by atoms with Gasteiger partial charge in [0, 0.05) is 0 Å². The summed E-state index contributed by atoms with van der Waals surface area (Å²) in [5, 5.41) is 0. The molecule has 58 valence electrons. The predicted molar refractivity (Wildman–Crippen MR) is 59.0 cm³/mol. The first-order chi connectivity index (χ1) is 3.06. The van der Waals surface area contributed by atoms with Gasteiger partial charge < -0.3 is 0 Å². The average Bonchev–Trinajstić information content (AvgIpc) is 1.30. The van der Waals surface area contributed by atoms with Crippen LogP contribution in [0.15, 0.2) is 12.7 Å². The van der Waals surface area contributed by atoms with Gasteiger partial charge in [-0.15, -0.1) is 34.0 Å². The molecule has 0 aromatic rings. The maximum absolute atomic E-state index is 3.70. The van der Waals surface area contributed by atoms with Crippen LogP contribution >= 0.6 is 34.0 Å². The Hall–Kier alpha value is 1.50. The molecule has 0 aromatic carbocycles. The normalized spacial score (nSPS) is 8.78. The summed E-state index contributed by atoms with van der Waals surface area (Å²) in [6, 6.07) is 0. The Bertz CT molecular complexity index is 65.9. The molecule has 0 aliphatic heterocycles. The zero-order chi connectivity index (χ0) is 5.91. The van der Waals surface area contributed by atoms with E-state index in [-0.39, 0.29) is 34.0 Å². The third kappa shape index (κ3) is 17.7. The first kappa shape index (κ1) is 16.8. The van der Waals surface area contributed by atoms with E-state index in [1.165, 1.54) is 4.44 Å². The molecular weight excluding hydrogens is 351 g/mol. The van der Waals surface area contributed by atoms with E-state index in [2.05, 4.69) is 27.5 Å². The van der Waals surface area contributed by atoms with Crippen LogP contribution in [-0.4, -0.2) is 18.4 Å². The summed E-state index contributed by atoms with van der Waals surface area (Å²) in [5.74, 6) is 0. The Balaban J connectivity index is -0.000000180. The van der Waals surface area contributed by atoms with Crippen molar-refractivity contribution < 1.29 is 0 Å². The van der Waals surface area contributed by atoms with Gasteiger partial charge in [0.25, 0.3) is 0 Å². The summed E-state index contributed by atoms with van der Waals surface area (Å²) in [6.45, 7) is 3.70. The van der Waals surface area contributed by atoms with Crippen molar-refractivity contribution >= 4 is 52.3 Å². The van der Waals surface area contributed by atoms with Crippen molar-refractivity contribution in [1.82, 2.24) is 0 Å². The molecule has 0 spiro atoms. The molecule has 0 aliphatic carbocycles. The van der Waals surface area contributed by atoms with Gasteiger partial charge in [0.05, 0.1) is 0 Å². The van der Waals surface area contributed by atoms with Crippen LogP contribution in [0.1, 0.15) is 0 Å². The Morgan fingerprint density at radius 2 is 1.56 bits per heavy atom. The standard InChI is InChI=1S/C3H5.3CH3.2BrH.Sn/c1-3-2;;;;;;/h3H,1-2H2;3*1H3;2*1H;. The van der Waals surface area contributed by atoms with Gasteiger partial charge in [-0.05, 0) is 0 Å². The zero-order valence-corrected chi connectivity index (χ0v) is 12.6. The summed E-state index contributed by atoms with van der Waals surface area (Å²) < 4.78 is 1.31. The molecule has 0 fully saturated rings. The van der Waals surface area contributed by atoms with E-state index in [0.717, 1.165) is 0 Å². The third-order valence-corrected chi connectivity index (χ3v) is 5.08. The van der Waals surface area contributed by atoms with Gasteiger partial charge in [-0.2, -0.15) is 0 Å². The van der Waals surface area contributed by atoms with Crippen molar-refractivity contribution in [3.63, 3.8) is 0 Å². The first-order valence-electron chi connectivity index (χ1n) is 2.67. The fourth-order valence-corrected chi connectivity index (χ4v) is 2.90. The van der Waals surface area contributed by atoms with Crippen molar-refractivity contribution in [2.45, 2.75) is 19.3 Å². The van der Waals surface area contributed by atoms with Crippen LogP contribution in [0.3, 0.4) is 0 Å². The van der Waals surface area contributed by atoms with Gasteiger partial charge in [-0.25, -0.2) is 0 Å². The van der Waals surface area contributed by atoms with Crippen molar-refractivity contribution in [3.05, 3.63) is 12.7 Å². The molecule has 9 heavy (non-hydrogen) atoms. The number of hydrogen-bond acceptors (Lipinski definition) is 0. The van der Waals surface area contributed by atoms with Crippen LogP contribution < -0.4 is 0 Å². The Morgan fingerprint density at radius 3 is 1.56 bits per heavy atom. The van der Waals surface area contributed by atoms with E-state index in [9.17, 15) is 0 Å². The molecule has 0 atom stereocenters. The molecule has 0 nitrogen and oxygen atoms in total. The summed E-state index contributed by atoms with van der Waals surface area (Å²) in [7, 11) is 0. The van der Waals surface area contributed by atoms with Crippen LogP contribution in [0, 0.1) is 0 Å². The number of rotatable bonds is 2. The van der Waals surface area contributed by atoms with Crippen molar-refractivity contribution in [2.24, 2.45) is 0 Å². The van der Waals surface area contributed by atoms with E-state index in [1.807, 2.05) is 0 Å². The summed E-state index contributed by atoms with van der Waals surface area (Å²) in [5.41, 5.74) is 0. The quantitative estimate of drug-likeness (QED) is 0.517. The molecule has 0 heterocycles. The van der Waals surface area contributed by atoms with E-state index in [4.69, 9.17) is 0 Å². The van der Waals surface area contributed by atoms with Gasteiger partial charge >= 0.3 is 50.3 Å².